The molecule has 0 amide bonds. The fourth-order valence-corrected chi connectivity index (χ4v) is 8.70. The Labute approximate surface area is 331 Å². The Morgan fingerprint density at radius 2 is 0.737 bits per heavy atom. The van der Waals surface area contributed by atoms with Crippen molar-refractivity contribution >= 4 is 60.7 Å². The second-order valence-electron chi connectivity index (χ2n) is 14.6. The Hall–Kier alpha value is -7.62. The molecule has 0 aliphatic carbocycles. The molecular formula is C54H37N3. The van der Waals surface area contributed by atoms with E-state index in [1.165, 1.54) is 54.8 Å². The molecule has 0 aliphatic rings. The lowest BCUT2D eigenvalue weighted by Gasteiger charge is -2.27. The molecular weight excluding hydrogens is 691 g/mol. The minimum atomic E-state index is 1.08. The molecule has 3 heteroatoms. The lowest BCUT2D eigenvalue weighted by atomic mass is 10.0. The van der Waals surface area contributed by atoms with Crippen LogP contribution < -0.4 is 4.90 Å². The molecule has 0 saturated carbocycles. The monoisotopic (exact) mass is 727 g/mol. The quantitative estimate of drug-likeness (QED) is 0.159. The largest absolute Gasteiger partial charge is 0.309 e. The highest BCUT2D eigenvalue weighted by Gasteiger charge is 2.23. The van der Waals surface area contributed by atoms with Crippen LogP contribution in [0.4, 0.5) is 17.1 Å². The van der Waals surface area contributed by atoms with Crippen molar-refractivity contribution in [2.75, 3.05) is 4.90 Å². The molecule has 3 nitrogen and oxygen atoms in total. The number of hydrogen-bond acceptors (Lipinski definition) is 1. The summed E-state index contributed by atoms with van der Waals surface area (Å²) in [4.78, 5) is 2.44. The van der Waals surface area contributed by atoms with Crippen LogP contribution in [0, 0.1) is 0 Å². The van der Waals surface area contributed by atoms with Gasteiger partial charge in [0.25, 0.3) is 0 Å². The molecule has 0 N–H and O–H groups in total. The highest BCUT2D eigenvalue weighted by molar-refractivity contribution is 6.15. The predicted molar refractivity (Wildman–Crippen MR) is 241 cm³/mol. The van der Waals surface area contributed by atoms with Crippen molar-refractivity contribution in [2.45, 2.75) is 0 Å². The molecule has 0 radical (unpaired) electrons. The predicted octanol–water partition coefficient (Wildman–Crippen LogP) is 14.7. The van der Waals surface area contributed by atoms with Gasteiger partial charge in [0.15, 0.2) is 0 Å². The maximum atomic E-state index is 2.44. The number of aromatic nitrogens is 2. The van der Waals surface area contributed by atoms with Crippen molar-refractivity contribution in [2.24, 2.45) is 0 Å². The second kappa shape index (κ2) is 13.6. The van der Waals surface area contributed by atoms with Gasteiger partial charge in [-0.25, -0.2) is 0 Å². The molecule has 0 aliphatic heterocycles. The first kappa shape index (κ1) is 32.8. The minimum absolute atomic E-state index is 1.08. The number of anilines is 3. The fourth-order valence-electron chi connectivity index (χ4n) is 8.70. The van der Waals surface area contributed by atoms with E-state index in [0.29, 0.717) is 0 Å². The fraction of sp³-hybridized carbons (Fsp3) is 0. The second-order valence-corrected chi connectivity index (χ2v) is 14.6. The zero-order chi connectivity index (χ0) is 37.7. The summed E-state index contributed by atoms with van der Waals surface area (Å²) in [5.41, 5.74) is 15.0. The van der Waals surface area contributed by atoms with E-state index in [1.54, 1.807) is 0 Å². The molecule has 0 unspecified atom stereocenters. The van der Waals surface area contributed by atoms with E-state index in [-0.39, 0.29) is 0 Å². The van der Waals surface area contributed by atoms with Crippen molar-refractivity contribution in [1.82, 2.24) is 9.13 Å². The molecule has 0 saturated heterocycles. The maximum absolute atomic E-state index is 2.44. The number of hydrogen-bond donors (Lipinski definition) is 0. The summed E-state index contributed by atoms with van der Waals surface area (Å²) in [6.45, 7) is 0. The minimum Gasteiger partial charge on any atom is -0.309 e. The first-order valence-electron chi connectivity index (χ1n) is 19.5. The van der Waals surface area contributed by atoms with Gasteiger partial charge in [-0.15, -0.1) is 0 Å². The molecule has 268 valence electrons. The van der Waals surface area contributed by atoms with Crippen LogP contribution in [0.3, 0.4) is 0 Å². The summed E-state index contributed by atoms with van der Waals surface area (Å²) in [6, 6.07) is 81.2. The Morgan fingerprint density at radius 1 is 0.281 bits per heavy atom. The number of benzene rings is 9. The maximum Gasteiger partial charge on any atom is 0.0782 e. The highest BCUT2D eigenvalue weighted by Crippen LogP contribution is 2.45. The van der Waals surface area contributed by atoms with Crippen molar-refractivity contribution in [3.05, 3.63) is 224 Å². The number of fused-ring (bicyclic) bond motifs is 6. The molecule has 11 rings (SSSR count). The van der Waals surface area contributed by atoms with Crippen LogP contribution in [-0.2, 0) is 0 Å². The number of rotatable bonds is 7. The van der Waals surface area contributed by atoms with Crippen LogP contribution in [0.15, 0.2) is 224 Å². The van der Waals surface area contributed by atoms with Gasteiger partial charge in [-0.1, -0.05) is 158 Å². The smallest absolute Gasteiger partial charge is 0.0782 e. The third-order valence-electron chi connectivity index (χ3n) is 11.3. The van der Waals surface area contributed by atoms with Gasteiger partial charge in [0.05, 0.1) is 27.8 Å². The first-order chi connectivity index (χ1) is 28.3. The molecule has 9 aromatic carbocycles. The number of nitrogens with zero attached hydrogens (tertiary/aromatic N) is 3. The van der Waals surface area contributed by atoms with Crippen LogP contribution in [0.2, 0.25) is 0 Å². The molecule has 0 atom stereocenters. The van der Waals surface area contributed by atoms with Crippen LogP contribution in [0.5, 0.6) is 0 Å². The lowest BCUT2D eigenvalue weighted by molar-refractivity contribution is 1.16. The average molecular weight is 728 g/mol. The van der Waals surface area contributed by atoms with E-state index in [0.717, 1.165) is 39.5 Å². The van der Waals surface area contributed by atoms with Gasteiger partial charge in [-0.3, -0.25) is 0 Å². The summed E-state index contributed by atoms with van der Waals surface area (Å²) < 4.78 is 4.84. The Morgan fingerprint density at radius 3 is 1.39 bits per heavy atom. The van der Waals surface area contributed by atoms with Crippen molar-refractivity contribution in [1.29, 1.82) is 0 Å². The van der Waals surface area contributed by atoms with Crippen LogP contribution in [0.1, 0.15) is 0 Å². The third-order valence-corrected chi connectivity index (χ3v) is 11.3. The third kappa shape index (κ3) is 5.51. The molecule has 0 fully saturated rings. The topological polar surface area (TPSA) is 13.1 Å². The summed E-state index contributed by atoms with van der Waals surface area (Å²) in [6.07, 6.45) is 0. The summed E-state index contributed by atoms with van der Waals surface area (Å²) in [7, 11) is 0. The Kier molecular flexibility index (Phi) is 7.82. The van der Waals surface area contributed by atoms with Crippen molar-refractivity contribution in [3.63, 3.8) is 0 Å². The van der Waals surface area contributed by atoms with Gasteiger partial charge < -0.3 is 14.0 Å². The van der Waals surface area contributed by atoms with E-state index in [9.17, 15) is 0 Å². The SMILES string of the molecule is c1ccc(-c2ccc(N(c3ccc4c5ccccc5n(-c5ccccc5)c4c3)c3cccc4c5ccccc5n(-c5ccc(-c6ccccc6)cc5)c34)cc2)cc1. The molecule has 11 aromatic rings. The Bertz CT molecular complexity index is 3200. The van der Waals surface area contributed by atoms with Gasteiger partial charge in [0.2, 0.25) is 0 Å². The molecule has 0 bridgehead atoms. The van der Waals surface area contributed by atoms with E-state index in [2.05, 4.69) is 238 Å². The summed E-state index contributed by atoms with van der Waals surface area (Å²) >= 11 is 0. The van der Waals surface area contributed by atoms with Gasteiger partial charge in [0.1, 0.15) is 0 Å². The van der Waals surface area contributed by atoms with E-state index < -0.39 is 0 Å². The van der Waals surface area contributed by atoms with E-state index in [4.69, 9.17) is 0 Å². The molecule has 0 spiro atoms. The molecule has 2 aromatic heterocycles. The standard InChI is InChI=1S/C54H37N3/c1-4-15-38(16-5-1)40-27-31-43(32-28-40)55(45-35-36-48-46-21-10-12-24-50(46)56(53(48)37-45)42-19-8-3-9-20-42)52-26-14-23-49-47-22-11-13-25-51(47)57(54(49)52)44-33-29-41(30-34-44)39-17-6-2-7-18-39/h1-37H. The molecule has 57 heavy (non-hydrogen) atoms. The summed E-state index contributed by atoms with van der Waals surface area (Å²) in [5, 5.41) is 4.90. The number of para-hydroxylation sites is 4. The normalized spacial score (nSPS) is 11.5. The van der Waals surface area contributed by atoms with Gasteiger partial charge in [0, 0.05) is 44.3 Å². The van der Waals surface area contributed by atoms with Crippen molar-refractivity contribution in [3.8, 4) is 33.6 Å². The van der Waals surface area contributed by atoms with Gasteiger partial charge in [-0.2, -0.15) is 0 Å². The lowest BCUT2D eigenvalue weighted by Crippen LogP contribution is -2.12. The molecule has 2 heterocycles. The highest BCUT2D eigenvalue weighted by atomic mass is 15.2. The van der Waals surface area contributed by atoms with Gasteiger partial charge in [-0.05, 0) is 89.0 Å². The van der Waals surface area contributed by atoms with Gasteiger partial charge >= 0.3 is 0 Å². The Balaban J connectivity index is 1.18. The summed E-state index contributed by atoms with van der Waals surface area (Å²) in [5.74, 6) is 0. The van der Waals surface area contributed by atoms with E-state index >= 15 is 0 Å². The van der Waals surface area contributed by atoms with Crippen LogP contribution >= 0.6 is 0 Å². The van der Waals surface area contributed by atoms with E-state index in [1.807, 2.05) is 0 Å². The zero-order valence-electron chi connectivity index (χ0n) is 31.2. The average Bonchev–Trinajstić information content (AvgIpc) is 3.81. The zero-order valence-corrected chi connectivity index (χ0v) is 31.2. The van der Waals surface area contributed by atoms with Crippen molar-refractivity contribution < 1.29 is 0 Å². The van der Waals surface area contributed by atoms with Crippen LogP contribution in [-0.4, -0.2) is 9.13 Å². The first-order valence-corrected chi connectivity index (χ1v) is 19.5. The van der Waals surface area contributed by atoms with Crippen LogP contribution in [0.25, 0.3) is 77.2 Å².